The molecular weight excluding hydrogens is 327 g/mol. The summed E-state index contributed by atoms with van der Waals surface area (Å²) in [6.45, 7) is 0.144. The zero-order chi connectivity index (χ0) is 16.1. The number of rotatable bonds is 6. The van der Waals surface area contributed by atoms with Crippen molar-refractivity contribution in [1.29, 1.82) is 0 Å². The maximum absolute atomic E-state index is 12.0. The molecule has 1 amide bonds. The van der Waals surface area contributed by atoms with Crippen molar-refractivity contribution in [2.24, 2.45) is 7.05 Å². The highest BCUT2D eigenvalue weighted by molar-refractivity contribution is 6.41. The predicted molar refractivity (Wildman–Crippen MR) is 85.7 cm³/mol. The molecule has 2 rings (SSSR count). The zero-order valence-electron chi connectivity index (χ0n) is 11.9. The fourth-order valence-electron chi connectivity index (χ4n) is 1.83. The van der Waals surface area contributed by atoms with E-state index in [1.807, 2.05) is 18.2 Å². The summed E-state index contributed by atoms with van der Waals surface area (Å²) in [7, 11) is 1.64. The van der Waals surface area contributed by atoms with Crippen molar-refractivity contribution in [3.8, 4) is 5.75 Å². The van der Waals surface area contributed by atoms with E-state index in [1.165, 1.54) is 10.6 Å². The molecule has 0 aliphatic carbocycles. The molecule has 118 valence electrons. The number of halogens is 2. The van der Waals surface area contributed by atoms with Gasteiger partial charge in [-0.15, -0.1) is 0 Å². The Hall–Kier alpha value is -1.69. The number of nitrogens with zero attached hydrogens (tertiary/aromatic N) is 1. The van der Waals surface area contributed by atoms with Crippen molar-refractivity contribution in [3.63, 3.8) is 0 Å². The molecule has 0 aliphatic heterocycles. The summed E-state index contributed by atoms with van der Waals surface area (Å²) >= 11 is 11.8. The van der Waals surface area contributed by atoms with E-state index >= 15 is 0 Å². The van der Waals surface area contributed by atoms with Crippen LogP contribution >= 0.6 is 23.2 Å². The predicted octanol–water partition coefficient (Wildman–Crippen LogP) is 2.50. The number of hydrogen-bond acceptors (Lipinski definition) is 3. The van der Waals surface area contributed by atoms with Gasteiger partial charge < -0.3 is 19.7 Å². The maximum atomic E-state index is 12.0. The molecular formula is C15H16Cl2N2O3. The number of ether oxygens (including phenoxy) is 1. The van der Waals surface area contributed by atoms with Gasteiger partial charge in [-0.1, -0.05) is 41.4 Å². The number of aliphatic hydroxyl groups excluding tert-OH is 1. The maximum Gasteiger partial charge on any atom is 0.268 e. The van der Waals surface area contributed by atoms with Crippen LogP contribution in [0.25, 0.3) is 0 Å². The van der Waals surface area contributed by atoms with Crippen LogP contribution in [0.4, 0.5) is 0 Å². The minimum absolute atomic E-state index is 0.0616. The number of aromatic nitrogens is 1. The van der Waals surface area contributed by atoms with E-state index in [2.05, 4.69) is 5.32 Å². The highest BCUT2D eigenvalue weighted by Gasteiger charge is 2.16. The van der Waals surface area contributed by atoms with Crippen molar-refractivity contribution < 1.29 is 14.6 Å². The van der Waals surface area contributed by atoms with Crippen molar-refractivity contribution in [2.75, 3.05) is 13.2 Å². The lowest BCUT2D eigenvalue weighted by Gasteiger charge is -2.13. The summed E-state index contributed by atoms with van der Waals surface area (Å²) < 4.78 is 6.88. The Morgan fingerprint density at radius 1 is 1.36 bits per heavy atom. The van der Waals surface area contributed by atoms with Crippen molar-refractivity contribution in [2.45, 2.75) is 6.10 Å². The SMILES string of the molecule is Cn1c(C(=O)NC[C@@H](O)COc2ccccc2)cc(Cl)c1Cl. The first-order chi connectivity index (χ1) is 10.5. The number of carbonyl (C=O) groups excluding carboxylic acids is 1. The van der Waals surface area contributed by atoms with Crippen LogP contribution < -0.4 is 10.1 Å². The Bertz CT molecular complexity index is 644. The molecule has 1 atom stereocenters. The van der Waals surface area contributed by atoms with Crippen LogP contribution in [0, 0.1) is 0 Å². The first kappa shape index (κ1) is 16.7. The Balaban J connectivity index is 1.82. The Kier molecular flexibility index (Phi) is 5.71. The van der Waals surface area contributed by atoms with Gasteiger partial charge in [-0.05, 0) is 18.2 Å². The lowest BCUT2D eigenvalue weighted by atomic mass is 10.3. The molecule has 1 aromatic carbocycles. The van der Waals surface area contributed by atoms with Crippen LogP contribution in [-0.2, 0) is 7.05 Å². The molecule has 0 aliphatic rings. The van der Waals surface area contributed by atoms with Crippen LogP contribution in [0.5, 0.6) is 5.75 Å². The molecule has 0 saturated heterocycles. The Morgan fingerprint density at radius 3 is 2.64 bits per heavy atom. The molecule has 0 unspecified atom stereocenters. The first-order valence-corrected chi connectivity index (χ1v) is 7.39. The van der Waals surface area contributed by atoms with Crippen LogP contribution in [0.1, 0.15) is 10.5 Å². The summed E-state index contributed by atoms with van der Waals surface area (Å²) in [6.07, 6.45) is -0.824. The number of benzene rings is 1. The van der Waals surface area contributed by atoms with Crippen molar-refractivity contribution >= 4 is 29.1 Å². The lowest BCUT2D eigenvalue weighted by Crippen LogP contribution is -2.36. The average Bonchev–Trinajstić information content (AvgIpc) is 2.79. The molecule has 7 heteroatoms. The second-order valence-electron chi connectivity index (χ2n) is 4.72. The topological polar surface area (TPSA) is 63.5 Å². The quantitative estimate of drug-likeness (QED) is 0.847. The highest BCUT2D eigenvalue weighted by atomic mass is 35.5. The summed E-state index contributed by atoms with van der Waals surface area (Å²) in [4.78, 5) is 12.0. The van der Waals surface area contributed by atoms with E-state index in [0.717, 1.165) is 0 Å². The van der Waals surface area contributed by atoms with Crippen LogP contribution in [0.15, 0.2) is 36.4 Å². The van der Waals surface area contributed by atoms with E-state index < -0.39 is 6.10 Å². The molecule has 0 spiro atoms. The summed E-state index contributed by atoms with van der Waals surface area (Å²) in [5, 5.41) is 13.0. The number of para-hydroxylation sites is 1. The van der Waals surface area contributed by atoms with Crippen LogP contribution in [0.2, 0.25) is 10.2 Å². The monoisotopic (exact) mass is 342 g/mol. The summed E-state index contributed by atoms with van der Waals surface area (Å²) in [6, 6.07) is 10.6. The largest absolute Gasteiger partial charge is 0.491 e. The minimum Gasteiger partial charge on any atom is -0.491 e. The number of nitrogens with one attached hydrogen (secondary N) is 1. The molecule has 0 bridgehead atoms. The van der Waals surface area contributed by atoms with Gasteiger partial charge in [-0.25, -0.2) is 0 Å². The average molecular weight is 343 g/mol. The van der Waals surface area contributed by atoms with Crippen molar-refractivity contribution in [1.82, 2.24) is 9.88 Å². The molecule has 2 N–H and O–H groups in total. The van der Waals surface area contributed by atoms with Gasteiger partial charge in [-0.2, -0.15) is 0 Å². The molecule has 0 radical (unpaired) electrons. The van der Waals surface area contributed by atoms with E-state index in [9.17, 15) is 9.90 Å². The summed E-state index contributed by atoms with van der Waals surface area (Å²) in [5.41, 5.74) is 0.325. The molecule has 22 heavy (non-hydrogen) atoms. The third-order valence-corrected chi connectivity index (χ3v) is 3.87. The molecule has 2 aromatic rings. The molecule has 1 heterocycles. The molecule has 5 nitrogen and oxygen atoms in total. The van der Waals surface area contributed by atoms with Gasteiger partial charge in [0.2, 0.25) is 0 Å². The van der Waals surface area contributed by atoms with Gasteiger partial charge in [0.15, 0.2) is 0 Å². The fourth-order valence-corrected chi connectivity index (χ4v) is 2.21. The minimum atomic E-state index is -0.824. The van der Waals surface area contributed by atoms with E-state index in [4.69, 9.17) is 27.9 Å². The number of aliphatic hydroxyl groups is 1. The van der Waals surface area contributed by atoms with E-state index in [0.29, 0.717) is 21.6 Å². The fraction of sp³-hybridized carbons (Fsp3) is 0.267. The number of carbonyl (C=O) groups is 1. The Morgan fingerprint density at radius 2 is 2.05 bits per heavy atom. The second-order valence-corrected chi connectivity index (χ2v) is 5.48. The van der Waals surface area contributed by atoms with Crippen LogP contribution in [0.3, 0.4) is 0 Å². The normalized spacial score (nSPS) is 12.0. The third-order valence-electron chi connectivity index (χ3n) is 3.03. The zero-order valence-corrected chi connectivity index (χ0v) is 13.4. The van der Waals surface area contributed by atoms with E-state index in [1.54, 1.807) is 19.2 Å². The second kappa shape index (κ2) is 7.54. The van der Waals surface area contributed by atoms with E-state index in [-0.39, 0.29) is 19.1 Å². The van der Waals surface area contributed by atoms with Gasteiger partial charge >= 0.3 is 0 Å². The third kappa shape index (κ3) is 4.16. The molecule has 0 saturated carbocycles. The highest BCUT2D eigenvalue weighted by Crippen LogP contribution is 2.24. The van der Waals surface area contributed by atoms with Gasteiger partial charge in [0, 0.05) is 13.6 Å². The molecule has 1 aromatic heterocycles. The Labute approximate surface area is 138 Å². The van der Waals surface area contributed by atoms with Gasteiger partial charge in [0.25, 0.3) is 5.91 Å². The number of amides is 1. The summed E-state index contributed by atoms with van der Waals surface area (Å²) in [5.74, 6) is 0.295. The standard InChI is InChI=1S/C15H16Cl2N2O3/c1-19-13(7-12(16)14(19)17)15(21)18-8-10(20)9-22-11-5-3-2-4-6-11/h2-7,10,20H,8-9H2,1H3,(H,18,21)/t10-/m1/s1. The van der Waals surface area contributed by atoms with Gasteiger partial charge in [0.05, 0.1) is 5.02 Å². The van der Waals surface area contributed by atoms with Gasteiger partial charge in [0.1, 0.15) is 29.3 Å². The number of hydrogen-bond donors (Lipinski definition) is 2. The lowest BCUT2D eigenvalue weighted by molar-refractivity contribution is 0.0837. The van der Waals surface area contributed by atoms with Crippen molar-refractivity contribution in [3.05, 3.63) is 52.3 Å². The van der Waals surface area contributed by atoms with Gasteiger partial charge in [-0.3, -0.25) is 4.79 Å². The van der Waals surface area contributed by atoms with Crippen LogP contribution in [-0.4, -0.2) is 34.8 Å². The first-order valence-electron chi connectivity index (χ1n) is 6.64. The molecule has 0 fully saturated rings. The smallest absolute Gasteiger partial charge is 0.268 e.